The van der Waals surface area contributed by atoms with E-state index in [1.54, 1.807) is 13.2 Å². The van der Waals surface area contributed by atoms with E-state index >= 15 is 0 Å². The Morgan fingerprint density at radius 2 is 2.19 bits per heavy atom. The molecule has 0 saturated carbocycles. The number of nitrogen functional groups attached to an aromatic ring is 1. The van der Waals surface area contributed by atoms with Gasteiger partial charge in [-0.3, -0.25) is 0 Å². The Hall–Kier alpha value is -1.76. The highest BCUT2D eigenvalue weighted by molar-refractivity contribution is 9.10. The van der Waals surface area contributed by atoms with E-state index in [0.717, 1.165) is 10.2 Å². The highest BCUT2D eigenvalue weighted by Crippen LogP contribution is 2.26. The van der Waals surface area contributed by atoms with E-state index in [1.807, 2.05) is 12.1 Å². The van der Waals surface area contributed by atoms with Crippen molar-refractivity contribution in [2.24, 2.45) is 0 Å². The van der Waals surface area contributed by atoms with Gasteiger partial charge in [-0.1, -0.05) is 26.1 Å². The molecule has 0 aliphatic heterocycles. The highest BCUT2D eigenvalue weighted by atomic mass is 79.9. The molecule has 0 spiro atoms. The van der Waals surface area contributed by atoms with Crippen LogP contribution in [0, 0.1) is 0 Å². The number of hydrogen-bond donors (Lipinski definition) is 2. The molecule has 2 rings (SSSR count). The lowest BCUT2D eigenvalue weighted by Gasteiger charge is -2.05. The predicted molar refractivity (Wildman–Crippen MR) is 62.7 cm³/mol. The third-order valence-corrected chi connectivity index (χ3v) is 2.26. The van der Waals surface area contributed by atoms with Crippen LogP contribution in [0.2, 0.25) is 0 Å². The van der Waals surface area contributed by atoms with Crippen LogP contribution >= 0.6 is 15.9 Å². The smallest absolute Gasteiger partial charge is 0.321 e. The zero-order valence-corrected chi connectivity index (χ0v) is 9.98. The molecule has 84 valence electrons. The maximum Gasteiger partial charge on any atom is 0.321 e. The van der Waals surface area contributed by atoms with E-state index in [0.29, 0.717) is 5.75 Å². The zero-order chi connectivity index (χ0) is 11.5. The molecule has 0 amide bonds. The van der Waals surface area contributed by atoms with Gasteiger partial charge in [0.15, 0.2) is 0 Å². The Morgan fingerprint density at radius 3 is 2.81 bits per heavy atom. The van der Waals surface area contributed by atoms with E-state index in [9.17, 15) is 0 Å². The molecular formula is C9H9BrN4O2. The van der Waals surface area contributed by atoms with Crippen LogP contribution in [0.4, 0.5) is 17.7 Å². The van der Waals surface area contributed by atoms with Gasteiger partial charge in [-0.05, 0) is 12.1 Å². The molecule has 0 atom stereocenters. The van der Waals surface area contributed by atoms with E-state index in [4.69, 9.17) is 14.9 Å². The maximum absolute atomic E-state index is 5.30. The number of nitrogens with one attached hydrogen (secondary N) is 1. The van der Waals surface area contributed by atoms with Crippen molar-refractivity contribution in [3.05, 3.63) is 22.7 Å². The number of aromatic nitrogens is 2. The molecule has 1 heterocycles. The number of benzene rings is 1. The molecule has 16 heavy (non-hydrogen) atoms. The second-order valence-corrected chi connectivity index (χ2v) is 3.87. The number of hydrogen-bond acceptors (Lipinski definition) is 6. The number of methoxy groups -OCH3 is 1. The van der Waals surface area contributed by atoms with Crippen LogP contribution in [-0.2, 0) is 0 Å². The fourth-order valence-corrected chi connectivity index (χ4v) is 1.63. The summed E-state index contributed by atoms with van der Waals surface area (Å²) in [4.78, 5) is 0. The maximum atomic E-state index is 5.30. The summed E-state index contributed by atoms with van der Waals surface area (Å²) in [5.41, 5.74) is 6.06. The first kappa shape index (κ1) is 10.7. The van der Waals surface area contributed by atoms with Crippen molar-refractivity contribution in [3.8, 4) is 5.75 Å². The van der Waals surface area contributed by atoms with Gasteiger partial charge in [0.2, 0.25) is 0 Å². The first-order valence-electron chi connectivity index (χ1n) is 4.38. The van der Waals surface area contributed by atoms with Gasteiger partial charge in [-0.25, -0.2) is 0 Å². The first-order valence-corrected chi connectivity index (χ1v) is 5.17. The summed E-state index contributed by atoms with van der Waals surface area (Å²) < 4.78 is 11.0. The largest absolute Gasteiger partial charge is 0.497 e. The Morgan fingerprint density at radius 1 is 1.38 bits per heavy atom. The minimum absolute atomic E-state index is 0.0180. The lowest BCUT2D eigenvalue weighted by atomic mass is 10.3. The van der Waals surface area contributed by atoms with Gasteiger partial charge >= 0.3 is 12.0 Å². The molecule has 0 radical (unpaired) electrons. The highest BCUT2D eigenvalue weighted by Gasteiger charge is 2.05. The van der Waals surface area contributed by atoms with E-state index < -0.39 is 0 Å². The van der Waals surface area contributed by atoms with Crippen LogP contribution in [0.3, 0.4) is 0 Å². The molecular weight excluding hydrogens is 276 g/mol. The van der Waals surface area contributed by atoms with Crippen molar-refractivity contribution in [1.29, 1.82) is 0 Å². The van der Waals surface area contributed by atoms with Crippen LogP contribution in [-0.4, -0.2) is 17.3 Å². The molecule has 0 fully saturated rings. The summed E-state index contributed by atoms with van der Waals surface area (Å²) in [6, 6.07) is 5.74. The topological polar surface area (TPSA) is 86.2 Å². The molecule has 0 unspecified atom stereocenters. The fraction of sp³-hybridized carbons (Fsp3) is 0.111. The van der Waals surface area contributed by atoms with Gasteiger partial charge < -0.3 is 20.2 Å². The average molecular weight is 285 g/mol. The summed E-state index contributed by atoms with van der Waals surface area (Å²) >= 11 is 3.36. The van der Waals surface area contributed by atoms with Crippen LogP contribution in [0.15, 0.2) is 27.1 Å². The summed E-state index contributed by atoms with van der Waals surface area (Å²) in [6.07, 6.45) is 0. The minimum Gasteiger partial charge on any atom is -0.497 e. The van der Waals surface area contributed by atoms with E-state index in [2.05, 4.69) is 31.4 Å². The third-order valence-electron chi connectivity index (χ3n) is 1.80. The second kappa shape index (κ2) is 4.40. The Balaban J connectivity index is 2.24. The number of ether oxygens (including phenoxy) is 1. The Bertz CT molecular complexity index is 500. The van der Waals surface area contributed by atoms with Crippen LogP contribution < -0.4 is 15.8 Å². The van der Waals surface area contributed by atoms with Crippen molar-refractivity contribution < 1.29 is 9.15 Å². The lowest BCUT2D eigenvalue weighted by molar-refractivity contribution is 0.414. The molecule has 0 aliphatic rings. The molecule has 0 aliphatic carbocycles. The monoisotopic (exact) mass is 284 g/mol. The van der Waals surface area contributed by atoms with Crippen molar-refractivity contribution in [2.45, 2.75) is 0 Å². The number of halogens is 1. The first-order chi connectivity index (χ1) is 7.67. The molecule has 6 nitrogen and oxygen atoms in total. The molecule has 2 aromatic rings. The second-order valence-electron chi connectivity index (χ2n) is 2.95. The predicted octanol–water partition coefficient (Wildman–Crippen LogP) is 2.17. The van der Waals surface area contributed by atoms with Crippen LogP contribution in [0.5, 0.6) is 5.75 Å². The van der Waals surface area contributed by atoms with E-state index in [-0.39, 0.29) is 12.0 Å². The Kier molecular flexibility index (Phi) is 2.95. The SMILES string of the molecule is COc1cc(Br)cc(Nc2nnc(N)o2)c1. The minimum atomic E-state index is 0.0180. The third kappa shape index (κ3) is 2.43. The molecule has 1 aromatic heterocycles. The molecule has 0 bridgehead atoms. The van der Waals surface area contributed by atoms with Gasteiger partial charge in [0.25, 0.3) is 0 Å². The molecule has 3 N–H and O–H groups in total. The Labute approximate surface area is 99.9 Å². The zero-order valence-electron chi connectivity index (χ0n) is 8.40. The summed E-state index contributed by atoms with van der Waals surface area (Å²) in [5.74, 6) is 0.712. The summed E-state index contributed by atoms with van der Waals surface area (Å²) in [6.45, 7) is 0. The quantitative estimate of drug-likeness (QED) is 0.898. The van der Waals surface area contributed by atoms with Gasteiger partial charge in [-0.15, -0.1) is 0 Å². The summed E-state index contributed by atoms with van der Waals surface area (Å²) in [5, 5.41) is 10.1. The normalized spacial score (nSPS) is 10.1. The van der Waals surface area contributed by atoms with Crippen molar-refractivity contribution >= 4 is 33.6 Å². The fourth-order valence-electron chi connectivity index (χ4n) is 1.16. The average Bonchev–Trinajstić information content (AvgIpc) is 2.63. The van der Waals surface area contributed by atoms with Crippen molar-refractivity contribution in [3.63, 3.8) is 0 Å². The molecule has 7 heteroatoms. The number of anilines is 3. The van der Waals surface area contributed by atoms with Gasteiger partial charge in [0, 0.05) is 16.2 Å². The lowest BCUT2D eigenvalue weighted by Crippen LogP contribution is -1.92. The van der Waals surface area contributed by atoms with Crippen LogP contribution in [0.25, 0.3) is 0 Å². The van der Waals surface area contributed by atoms with E-state index in [1.165, 1.54) is 0 Å². The van der Waals surface area contributed by atoms with Gasteiger partial charge in [-0.2, -0.15) is 0 Å². The molecule has 1 aromatic carbocycles. The van der Waals surface area contributed by atoms with Gasteiger partial charge in [0.1, 0.15) is 5.75 Å². The van der Waals surface area contributed by atoms with Crippen molar-refractivity contribution in [2.75, 3.05) is 18.2 Å². The van der Waals surface area contributed by atoms with Crippen molar-refractivity contribution in [1.82, 2.24) is 10.2 Å². The molecule has 0 saturated heterocycles. The van der Waals surface area contributed by atoms with Crippen LogP contribution in [0.1, 0.15) is 0 Å². The number of nitrogens with two attached hydrogens (primary N) is 1. The number of nitrogens with zero attached hydrogens (tertiary/aromatic N) is 2. The van der Waals surface area contributed by atoms with Gasteiger partial charge in [0.05, 0.1) is 7.11 Å². The number of rotatable bonds is 3. The standard InChI is InChI=1S/C9H9BrN4O2/c1-15-7-3-5(10)2-6(4-7)12-9-14-13-8(11)16-9/h2-4H,1H3,(H2,11,13)(H,12,14). The summed E-state index contributed by atoms with van der Waals surface area (Å²) in [7, 11) is 1.59.